The highest BCUT2D eigenvalue weighted by molar-refractivity contribution is 6.03. The van der Waals surface area contributed by atoms with E-state index in [4.69, 9.17) is 18.9 Å². The van der Waals surface area contributed by atoms with Crippen molar-refractivity contribution in [2.24, 2.45) is 0 Å². The van der Waals surface area contributed by atoms with E-state index in [1.807, 2.05) is 13.8 Å². The minimum atomic E-state index is -0.773. The van der Waals surface area contributed by atoms with Gasteiger partial charge in [-0.1, -0.05) is 12.1 Å². The second-order valence-electron chi connectivity index (χ2n) is 7.01. The second kappa shape index (κ2) is 10.5. The molecule has 0 aromatic heterocycles. The van der Waals surface area contributed by atoms with Gasteiger partial charge in [-0.05, 0) is 26.0 Å². The molecule has 0 aliphatic rings. The fourth-order valence-electron chi connectivity index (χ4n) is 3.26. The molecule has 0 atom stereocenters. The number of ketones is 1. The van der Waals surface area contributed by atoms with E-state index >= 15 is 0 Å². The van der Waals surface area contributed by atoms with Crippen LogP contribution in [0.5, 0.6) is 23.0 Å². The van der Waals surface area contributed by atoms with Gasteiger partial charge in [-0.2, -0.15) is 0 Å². The van der Waals surface area contributed by atoms with E-state index in [0.717, 1.165) is 0 Å². The maximum absolute atomic E-state index is 13.3. The molecule has 1 amide bonds. The first-order chi connectivity index (χ1) is 14.3. The Morgan fingerprint density at radius 3 is 1.63 bits per heavy atom. The molecule has 1 N–H and O–H groups in total. The molecule has 0 saturated carbocycles. The van der Waals surface area contributed by atoms with Crippen molar-refractivity contribution in [1.82, 2.24) is 5.32 Å². The zero-order valence-electron chi connectivity index (χ0n) is 18.3. The molecule has 0 heterocycles. The molecule has 0 fully saturated rings. The molecule has 2 rings (SSSR count). The Labute approximate surface area is 177 Å². The Hall–Kier alpha value is -3.22. The van der Waals surface area contributed by atoms with Crippen LogP contribution in [0.1, 0.15) is 37.3 Å². The lowest BCUT2D eigenvalue weighted by atomic mass is 9.85. The van der Waals surface area contributed by atoms with Crippen LogP contribution in [0.3, 0.4) is 0 Å². The predicted octanol–water partition coefficient (Wildman–Crippen LogP) is 3.34. The smallest absolute Gasteiger partial charge is 0.227 e. The minimum Gasteiger partial charge on any atom is -0.497 e. The summed E-state index contributed by atoms with van der Waals surface area (Å²) in [5, 5.41) is 2.76. The first-order valence-corrected chi connectivity index (χ1v) is 9.60. The third-order valence-corrected chi connectivity index (χ3v) is 4.61. The number of nitrogens with one attached hydrogen (secondary N) is 1. The van der Waals surface area contributed by atoms with Gasteiger partial charge in [0, 0.05) is 29.3 Å². The number of hydrogen-bond donors (Lipinski definition) is 1. The molecule has 0 unspecified atom stereocenters. The molecule has 7 heteroatoms. The van der Waals surface area contributed by atoms with Crippen molar-refractivity contribution in [2.75, 3.05) is 28.4 Å². The van der Waals surface area contributed by atoms with Crippen molar-refractivity contribution in [2.45, 2.75) is 32.2 Å². The molecule has 2 aromatic rings. The van der Waals surface area contributed by atoms with Gasteiger partial charge in [-0.25, -0.2) is 0 Å². The largest absolute Gasteiger partial charge is 0.497 e. The normalized spacial score (nSPS) is 10.7. The molecule has 0 aliphatic carbocycles. The van der Waals surface area contributed by atoms with Crippen LogP contribution in [0.25, 0.3) is 0 Å². The van der Waals surface area contributed by atoms with Gasteiger partial charge >= 0.3 is 0 Å². The lowest BCUT2D eigenvalue weighted by molar-refractivity contribution is -0.128. The van der Waals surface area contributed by atoms with E-state index in [1.165, 1.54) is 14.2 Å². The highest BCUT2D eigenvalue weighted by atomic mass is 16.5. The maximum atomic E-state index is 13.3. The fourth-order valence-corrected chi connectivity index (χ4v) is 3.26. The Balaban J connectivity index is 2.59. The number of rotatable bonds is 10. The highest BCUT2D eigenvalue weighted by Gasteiger charge is 2.30. The van der Waals surface area contributed by atoms with E-state index in [2.05, 4.69) is 5.32 Å². The monoisotopic (exact) mass is 415 g/mol. The van der Waals surface area contributed by atoms with Crippen LogP contribution in [-0.2, 0) is 9.59 Å². The zero-order chi connectivity index (χ0) is 22.3. The summed E-state index contributed by atoms with van der Waals surface area (Å²) in [6.07, 6.45) is -0.271. The molecule has 7 nitrogen and oxygen atoms in total. The van der Waals surface area contributed by atoms with Crippen LogP contribution in [-0.4, -0.2) is 46.2 Å². The Morgan fingerprint density at radius 2 is 1.27 bits per heavy atom. The predicted molar refractivity (Wildman–Crippen MR) is 114 cm³/mol. The minimum absolute atomic E-state index is 0.0604. The molecule has 0 aliphatic heterocycles. The van der Waals surface area contributed by atoms with Gasteiger partial charge < -0.3 is 24.3 Å². The first kappa shape index (κ1) is 23.1. The van der Waals surface area contributed by atoms with E-state index in [-0.39, 0.29) is 24.2 Å². The number of benzene rings is 2. The van der Waals surface area contributed by atoms with Crippen molar-refractivity contribution in [1.29, 1.82) is 0 Å². The van der Waals surface area contributed by atoms with Crippen molar-refractivity contribution in [3.8, 4) is 23.0 Å². The van der Waals surface area contributed by atoms with Crippen LogP contribution in [0, 0.1) is 0 Å². The zero-order valence-corrected chi connectivity index (χ0v) is 18.3. The van der Waals surface area contributed by atoms with Crippen LogP contribution in [0.15, 0.2) is 36.4 Å². The average molecular weight is 415 g/mol. The molecule has 0 saturated heterocycles. The number of methoxy groups -OCH3 is 4. The molecular formula is C23H29NO6. The molecule has 30 heavy (non-hydrogen) atoms. The van der Waals surface area contributed by atoms with Crippen LogP contribution < -0.4 is 24.3 Å². The summed E-state index contributed by atoms with van der Waals surface area (Å²) in [7, 11) is 6.16. The Morgan fingerprint density at radius 1 is 0.800 bits per heavy atom. The van der Waals surface area contributed by atoms with Gasteiger partial charge in [0.2, 0.25) is 5.91 Å². The number of carbonyl (C=O) groups excluding carboxylic acids is 2. The quantitative estimate of drug-likeness (QED) is 0.600. The van der Waals surface area contributed by atoms with Crippen molar-refractivity contribution >= 4 is 11.7 Å². The van der Waals surface area contributed by atoms with Crippen molar-refractivity contribution in [3.63, 3.8) is 0 Å². The maximum Gasteiger partial charge on any atom is 0.227 e. The third-order valence-electron chi connectivity index (χ3n) is 4.61. The standard InChI is InChI=1S/C23H29NO6/c1-14(2)24-22(26)13-19(25)23(17-9-7-15(27-3)11-20(17)29-5)18-10-8-16(28-4)12-21(18)30-6/h7-12,14,23H,13H2,1-6H3,(H,24,26). The molecular weight excluding hydrogens is 386 g/mol. The lowest BCUT2D eigenvalue weighted by Gasteiger charge is -2.22. The highest BCUT2D eigenvalue weighted by Crippen LogP contribution is 2.40. The SMILES string of the molecule is COc1ccc(C(C(=O)CC(=O)NC(C)C)c2ccc(OC)cc2OC)c(OC)c1. The summed E-state index contributed by atoms with van der Waals surface area (Å²) in [6.45, 7) is 3.69. The van der Waals surface area contributed by atoms with Crippen molar-refractivity contribution in [3.05, 3.63) is 47.5 Å². The average Bonchev–Trinajstić information content (AvgIpc) is 2.73. The topological polar surface area (TPSA) is 83.1 Å². The second-order valence-corrected chi connectivity index (χ2v) is 7.01. The Kier molecular flexibility index (Phi) is 8.09. The van der Waals surface area contributed by atoms with Gasteiger partial charge in [0.1, 0.15) is 23.0 Å². The summed E-state index contributed by atoms with van der Waals surface area (Å²) in [4.78, 5) is 25.7. The number of carbonyl (C=O) groups is 2. The van der Waals surface area contributed by atoms with E-state index in [0.29, 0.717) is 34.1 Å². The fraction of sp³-hybridized carbons (Fsp3) is 0.391. The molecule has 162 valence electrons. The van der Waals surface area contributed by atoms with Gasteiger partial charge in [0.25, 0.3) is 0 Å². The van der Waals surface area contributed by atoms with Crippen LogP contribution in [0.2, 0.25) is 0 Å². The number of hydrogen-bond acceptors (Lipinski definition) is 6. The van der Waals surface area contributed by atoms with Gasteiger partial charge in [-0.3, -0.25) is 9.59 Å². The molecule has 2 aromatic carbocycles. The van der Waals surface area contributed by atoms with Crippen LogP contribution in [0.4, 0.5) is 0 Å². The van der Waals surface area contributed by atoms with Gasteiger partial charge in [-0.15, -0.1) is 0 Å². The molecule has 0 bridgehead atoms. The van der Waals surface area contributed by atoms with E-state index in [9.17, 15) is 9.59 Å². The number of ether oxygens (including phenoxy) is 4. The van der Waals surface area contributed by atoms with Crippen LogP contribution >= 0.6 is 0 Å². The third kappa shape index (κ3) is 5.43. The summed E-state index contributed by atoms with van der Waals surface area (Å²) in [6, 6.07) is 10.4. The summed E-state index contributed by atoms with van der Waals surface area (Å²) >= 11 is 0. The summed E-state index contributed by atoms with van der Waals surface area (Å²) < 4.78 is 21.6. The number of Topliss-reactive ketones (excluding diaryl/α,β-unsaturated/α-hetero) is 1. The van der Waals surface area contributed by atoms with E-state index in [1.54, 1.807) is 50.6 Å². The van der Waals surface area contributed by atoms with Gasteiger partial charge in [0.15, 0.2) is 5.78 Å². The molecule has 0 spiro atoms. The summed E-state index contributed by atoms with van der Waals surface area (Å²) in [5.74, 6) is 0.774. The van der Waals surface area contributed by atoms with E-state index < -0.39 is 5.92 Å². The summed E-state index contributed by atoms with van der Waals surface area (Å²) in [5.41, 5.74) is 1.23. The van der Waals surface area contributed by atoms with Crippen molar-refractivity contribution < 1.29 is 28.5 Å². The Bertz CT molecular complexity index is 838. The molecule has 0 radical (unpaired) electrons. The first-order valence-electron chi connectivity index (χ1n) is 9.60. The lowest BCUT2D eigenvalue weighted by Crippen LogP contribution is -2.33. The number of amides is 1. The van der Waals surface area contributed by atoms with Gasteiger partial charge in [0.05, 0.1) is 40.8 Å².